The van der Waals surface area contributed by atoms with Crippen molar-refractivity contribution in [3.63, 3.8) is 0 Å². The van der Waals surface area contributed by atoms with E-state index in [1.807, 2.05) is 6.92 Å². The summed E-state index contributed by atoms with van der Waals surface area (Å²) in [4.78, 5) is 19.8. The summed E-state index contributed by atoms with van der Waals surface area (Å²) in [6.07, 6.45) is 4.39. The minimum absolute atomic E-state index is 0.0156. The standard InChI is InChI=1S/C12H18N2O/c1-5-10(15)6-9-7-13-8-11(14-9)12(2,3)4/h7-8H,5-6H2,1-4H3. The van der Waals surface area contributed by atoms with Crippen LogP contribution in [0.5, 0.6) is 0 Å². The Labute approximate surface area is 91.0 Å². The number of Topliss-reactive ketones (excluding diaryl/α,β-unsaturated/α-hetero) is 1. The Bertz CT molecular complexity index is 353. The van der Waals surface area contributed by atoms with Gasteiger partial charge in [-0.15, -0.1) is 0 Å². The molecule has 0 aliphatic carbocycles. The van der Waals surface area contributed by atoms with Gasteiger partial charge in [0.25, 0.3) is 0 Å². The number of carbonyl (C=O) groups is 1. The van der Waals surface area contributed by atoms with Crippen LogP contribution in [0.25, 0.3) is 0 Å². The Morgan fingerprint density at radius 1 is 1.33 bits per heavy atom. The Morgan fingerprint density at radius 3 is 2.53 bits per heavy atom. The molecule has 0 N–H and O–H groups in total. The third kappa shape index (κ3) is 3.42. The molecule has 0 saturated carbocycles. The second-order valence-corrected chi connectivity index (χ2v) is 4.71. The quantitative estimate of drug-likeness (QED) is 0.762. The zero-order valence-electron chi connectivity index (χ0n) is 9.87. The van der Waals surface area contributed by atoms with E-state index in [1.165, 1.54) is 0 Å². The number of hydrogen-bond acceptors (Lipinski definition) is 3. The Balaban J connectivity index is 2.88. The van der Waals surface area contributed by atoms with E-state index in [9.17, 15) is 4.79 Å². The monoisotopic (exact) mass is 206 g/mol. The molecule has 0 bridgehead atoms. The topological polar surface area (TPSA) is 42.9 Å². The molecule has 1 aromatic heterocycles. The van der Waals surface area contributed by atoms with Gasteiger partial charge in [-0.1, -0.05) is 27.7 Å². The summed E-state index contributed by atoms with van der Waals surface area (Å²) in [7, 11) is 0. The fourth-order valence-corrected chi connectivity index (χ4v) is 1.18. The van der Waals surface area contributed by atoms with Crippen LogP contribution in [-0.4, -0.2) is 15.8 Å². The SMILES string of the molecule is CCC(=O)Cc1cncc(C(C)(C)C)n1. The van der Waals surface area contributed by atoms with Crippen LogP contribution in [-0.2, 0) is 16.6 Å². The third-order valence-electron chi connectivity index (χ3n) is 2.23. The first-order chi connectivity index (χ1) is 6.93. The predicted octanol–water partition coefficient (Wildman–Crippen LogP) is 2.30. The number of carbonyl (C=O) groups excluding carboxylic acids is 1. The van der Waals surface area contributed by atoms with E-state index in [0.29, 0.717) is 12.8 Å². The molecule has 82 valence electrons. The van der Waals surface area contributed by atoms with Crippen molar-refractivity contribution in [2.45, 2.75) is 46.0 Å². The molecule has 0 aromatic carbocycles. The molecule has 0 saturated heterocycles. The highest BCUT2D eigenvalue weighted by Crippen LogP contribution is 2.19. The molecule has 0 amide bonds. The molecule has 1 rings (SSSR count). The van der Waals surface area contributed by atoms with Crippen LogP contribution in [0.15, 0.2) is 12.4 Å². The molecule has 0 radical (unpaired) electrons. The van der Waals surface area contributed by atoms with Crippen molar-refractivity contribution >= 4 is 5.78 Å². The summed E-state index contributed by atoms with van der Waals surface area (Å²) in [6, 6.07) is 0. The van der Waals surface area contributed by atoms with E-state index in [1.54, 1.807) is 12.4 Å². The van der Waals surface area contributed by atoms with E-state index in [4.69, 9.17) is 0 Å². The Hall–Kier alpha value is -1.25. The lowest BCUT2D eigenvalue weighted by molar-refractivity contribution is -0.118. The highest BCUT2D eigenvalue weighted by Gasteiger charge is 2.16. The van der Waals surface area contributed by atoms with Crippen molar-refractivity contribution in [1.82, 2.24) is 9.97 Å². The Kier molecular flexibility index (Phi) is 3.56. The summed E-state index contributed by atoms with van der Waals surface area (Å²) in [5, 5.41) is 0. The second-order valence-electron chi connectivity index (χ2n) is 4.71. The van der Waals surface area contributed by atoms with E-state index in [2.05, 4.69) is 30.7 Å². The van der Waals surface area contributed by atoms with Crippen LogP contribution in [0.1, 0.15) is 45.5 Å². The minimum Gasteiger partial charge on any atom is -0.299 e. The highest BCUT2D eigenvalue weighted by molar-refractivity contribution is 5.79. The average Bonchev–Trinajstić information content (AvgIpc) is 2.17. The number of nitrogens with zero attached hydrogens (tertiary/aromatic N) is 2. The summed E-state index contributed by atoms with van der Waals surface area (Å²) in [5.74, 6) is 0.204. The first-order valence-corrected chi connectivity index (χ1v) is 5.26. The average molecular weight is 206 g/mol. The van der Waals surface area contributed by atoms with Gasteiger partial charge in [0.2, 0.25) is 0 Å². The van der Waals surface area contributed by atoms with E-state index in [-0.39, 0.29) is 11.2 Å². The van der Waals surface area contributed by atoms with E-state index in [0.717, 1.165) is 11.4 Å². The zero-order valence-corrected chi connectivity index (χ0v) is 9.87. The molecule has 0 atom stereocenters. The number of aromatic nitrogens is 2. The molecule has 0 fully saturated rings. The maximum absolute atomic E-state index is 11.3. The number of hydrogen-bond donors (Lipinski definition) is 0. The van der Waals surface area contributed by atoms with Crippen LogP contribution in [0, 0.1) is 0 Å². The van der Waals surface area contributed by atoms with E-state index >= 15 is 0 Å². The van der Waals surface area contributed by atoms with Gasteiger partial charge in [-0.3, -0.25) is 14.8 Å². The fraction of sp³-hybridized carbons (Fsp3) is 0.583. The normalized spacial score (nSPS) is 11.5. The van der Waals surface area contributed by atoms with Gasteiger partial charge in [-0.2, -0.15) is 0 Å². The minimum atomic E-state index is -0.0156. The molecule has 1 heterocycles. The van der Waals surface area contributed by atoms with Crippen LogP contribution < -0.4 is 0 Å². The van der Waals surface area contributed by atoms with Crippen molar-refractivity contribution in [3.05, 3.63) is 23.8 Å². The first-order valence-electron chi connectivity index (χ1n) is 5.26. The second kappa shape index (κ2) is 4.51. The summed E-state index contributed by atoms with van der Waals surface area (Å²) >= 11 is 0. The van der Waals surface area contributed by atoms with Gasteiger partial charge in [-0.05, 0) is 0 Å². The summed E-state index contributed by atoms with van der Waals surface area (Å²) in [6.45, 7) is 8.12. The molecule has 3 heteroatoms. The molecule has 0 unspecified atom stereocenters. The smallest absolute Gasteiger partial charge is 0.138 e. The van der Waals surface area contributed by atoms with Crippen LogP contribution in [0.3, 0.4) is 0 Å². The predicted molar refractivity (Wildman–Crippen MR) is 59.7 cm³/mol. The van der Waals surface area contributed by atoms with Gasteiger partial charge in [0.05, 0.1) is 17.8 Å². The van der Waals surface area contributed by atoms with Crippen molar-refractivity contribution in [2.24, 2.45) is 0 Å². The first kappa shape index (κ1) is 11.8. The van der Waals surface area contributed by atoms with E-state index < -0.39 is 0 Å². The fourth-order valence-electron chi connectivity index (χ4n) is 1.18. The summed E-state index contributed by atoms with van der Waals surface area (Å²) < 4.78 is 0. The zero-order chi connectivity index (χ0) is 11.5. The largest absolute Gasteiger partial charge is 0.299 e. The Morgan fingerprint density at radius 2 is 2.00 bits per heavy atom. The lowest BCUT2D eigenvalue weighted by Crippen LogP contribution is -2.16. The van der Waals surface area contributed by atoms with Crippen LogP contribution in [0.2, 0.25) is 0 Å². The lowest BCUT2D eigenvalue weighted by atomic mass is 9.92. The lowest BCUT2D eigenvalue weighted by Gasteiger charge is -2.17. The number of rotatable bonds is 3. The van der Waals surface area contributed by atoms with Crippen molar-refractivity contribution in [1.29, 1.82) is 0 Å². The molecule has 15 heavy (non-hydrogen) atoms. The molecule has 0 aliphatic rings. The molecule has 0 spiro atoms. The van der Waals surface area contributed by atoms with Gasteiger partial charge in [-0.25, -0.2) is 0 Å². The summed E-state index contributed by atoms with van der Waals surface area (Å²) in [5.41, 5.74) is 1.69. The van der Waals surface area contributed by atoms with Crippen molar-refractivity contribution in [3.8, 4) is 0 Å². The molecular formula is C12H18N2O. The molecule has 3 nitrogen and oxygen atoms in total. The van der Waals surface area contributed by atoms with Crippen molar-refractivity contribution < 1.29 is 4.79 Å². The highest BCUT2D eigenvalue weighted by atomic mass is 16.1. The van der Waals surface area contributed by atoms with Gasteiger partial charge >= 0.3 is 0 Å². The molecule has 0 aliphatic heterocycles. The third-order valence-corrected chi connectivity index (χ3v) is 2.23. The van der Waals surface area contributed by atoms with Gasteiger partial charge in [0, 0.05) is 24.2 Å². The van der Waals surface area contributed by atoms with Gasteiger partial charge in [0.15, 0.2) is 0 Å². The maximum atomic E-state index is 11.3. The van der Waals surface area contributed by atoms with Gasteiger partial charge < -0.3 is 0 Å². The molecule has 1 aromatic rings. The van der Waals surface area contributed by atoms with Crippen molar-refractivity contribution in [2.75, 3.05) is 0 Å². The van der Waals surface area contributed by atoms with Crippen LogP contribution >= 0.6 is 0 Å². The van der Waals surface area contributed by atoms with Gasteiger partial charge in [0.1, 0.15) is 5.78 Å². The maximum Gasteiger partial charge on any atom is 0.138 e. The number of ketones is 1. The van der Waals surface area contributed by atoms with Crippen LogP contribution in [0.4, 0.5) is 0 Å². The molecular weight excluding hydrogens is 188 g/mol.